The molecular formula is C10H21FN2O. The molecule has 1 rings (SSSR count). The minimum atomic E-state index is -0.228. The molecule has 0 aliphatic carbocycles. The van der Waals surface area contributed by atoms with Crippen molar-refractivity contribution in [3.63, 3.8) is 0 Å². The van der Waals surface area contributed by atoms with E-state index < -0.39 is 0 Å². The first-order chi connectivity index (χ1) is 6.88. The van der Waals surface area contributed by atoms with E-state index >= 15 is 0 Å². The molecule has 0 aromatic carbocycles. The fourth-order valence-electron chi connectivity index (χ4n) is 1.97. The molecule has 0 aromatic heterocycles. The van der Waals surface area contributed by atoms with Crippen LogP contribution in [0.5, 0.6) is 0 Å². The van der Waals surface area contributed by atoms with Crippen LogP contribution in [0.25, 0.3) is 0 Å². The van der Waals surface area contributed by atoms with Gasteiger partial charge in [-0.3, -0.25) is 4.90 Å². The van der Waals surface area contributed by atoms with Crippen molar-refractivity contribution < 1.29 is 9.13 Å². The maximum absolute atomic E-state index is 12.2. The Kier molecular flexibility index (Phi) is 6.07. The summed E-state index contributed by atoms with van der Waals surface area (Å²) < 4.78 is 17.1. The summed E-state index contributed by atoms with van der Waals surface area (Å²) in [7, 11) is 1.70. The number of rotatable bonds is 7. The van der Waals surface area contributed by atoms with Gasteiger partial charge < -0.3 is 10.1 Å². The Morgan fingerprint density at radius 1 is 1.57 bits per heavy atom. The van der Waals surface area contributed by atoms with Crippen LogP contribution in [-0.2, 0) is 4.74 Å². The molecule has 1 heterocycles. The zero-order valence-electron chi connectivity index (χ0n) is 8.97. The topological polar surface area (TPSA) is 24.5 Å². The van der Waals surface area contributed by atoms with Gasteiger partial charge in [0.25, 0.3) is 0 Å². The predicted octanol–water partition coefficient (Wildman–Crippen LogP) is 0.656. The molecule has 1 saturated heterocycles. The highest BCUT2D eigenvalue weighted by molar-refractivity contribution is 4.80. The van der Waals surface area contributed by atoms with E-state index in [-0.39, 0.29) is 6.67 Å². The smallest absolute Gasteiger partial charge is 0.102 e. The van der Waals surface area contributed by atoms with Crippen molar-refractivity contribution in [2.75, 3.05) is 46.6 Å². The molecular weight excluding hydrogens is 183 g/mol. The van der Waals surface area contributed by atoms with Crippen LogP contribution >= 0.6 is 0 Å². The summed E-state index contributed by atoms with van der Waals surface area (Å²) in [6, 6.07) is 0.530. The van der Waals surface area contributed by atoms with E-state index in [4.69, 9.17) is 4.74 Å². The van der Waals surface area contributed by atoms with Crippen molar-refractivity contribution in [3.05, 3.63) is 0 Å². The molecule has 0 spiro atoms. The maximum Gasteiger partial charge on any atom is 0.102 e. The number of nitrogens with one attached hydrogen (secondary N) is 1. The zero-order valence-corrected chi connectivity index (χ0v) is 8.97. The van der Waals surface area contributed by atoms with Gasteiger partial charge in [-0.2, -0.15) is 0 Å². The molecule has 0 bridgehead atoms. The van der Waals surface area contributed by atoms with Crippen LogP contribution in [0.2, 0.25) is 0 Å². The second kappa shape index (κ2) is 7.15. The highest BCUT2D eigenvalue weighted by Crippen LogP contribution is 2.15. The Morgan fingerprint density at radius 3 is 3.14 bits per heavy atom. The maximum atomic E-state index is 12.2. The van der Waals surface area contributed by atoms with Crippen molar-refractivity contribution in [1.29, 1.82) is 0 Å². The minimum absolute atomic E-state index is 0.228. The average Bonchev–Trinajstić information content (AvgIpc) is 2.61. The lowest BCUT2D eigenvalue weighted by molar-refractivity contribution is 0.189. The average molecular weight is 204 g/mol. The minimum Gasteiger partial charge on any atom is -0.383 e. The summed E-state index contributed by atoms with van der Waals surface area (Å²) in [5.74, 6) is 0. The summed E-state index contributed by atoms with van der Waals surface area (Å²) in [5.41, 5.74) is 0. The second-order valence-electron chi connectivity index (χ2n) is 3.72. The number of hydrogen-bond acceptors (Lipinski definition) is 3. The molecule has 3 nitrogen and oxygen atoms in total. The third kappa shape index (κ3) is 3.90. The normalized spacial score (nSPS) is 23.1. The van der Waals surface area contributed by atoms with Crippen LogP contribution in [0.3, 0.4) is 0 Å². The first-order valence-corrected chi connectivity index (χ1v) is 5.38. The Labute approximate surface area is 85.6 Å². The van der Waals surface area contributed by atoms with Crippen molar-refractivity contribution >= 4 is 0 Å². The third-order valence-corrected chi connectivity index (χ3v) is 2.73. The third-order valence-electron chi connectivity index (χ3n) is 2.73. The molecule has 0 radical (unpaired) electrons. The quantitative estimate of drug-likeness (QED) is 0.616. The van der Waals surface area contributed by atoms with Gasteiger partial charge in [-0.1, -0.05) is 0 Å². The molecule has 1 aliphatic rings. The first kappa shape index (κ1) is 11.9. The van der Waals surface area contributed by atoms with Crippen LogP contribution in [-0.4, -0.2) is 57.5 Å². The summed E-state index contributed by atoms with van der Waals surface area (Å²) in [5, 5.41) is 3.33. The lowest BCUT2D eigenvalue weighted by Crippen LogP contribution is -2.39. The van der Waals surface area contributed by atoms with Crippen LogP contribution in [0.15, 0.2) is 0 Å². The van der Waals surface area contributed by atoms with E-state index in [1.807, 2.05) is 0 Å². The van der Waals surface area contributed by atoms with E-state index in [0.717, 1.165) is 26.2 Å². The number of alkyl halides is 1. The van der Waals surface area contributed by atoms with E-state index in [1.54, 1.807) is 7.11 Å². The molecule has 0 saturated carbocycles. The molecule has 1 aliphatic heterocycles. The van der Waals surface area contributed by atoms with Crippen molar-refractivity contribution in [2.45, 2.75) is 18.9 Å². The van der Waals surface area contributed by atoms with Crippen LogP contribution in [0.4, 0.5) is 4.39 Å². The molecule has 1 unspecified atom stereocenters. The molecule has 1 N–H and O–H groups in total. The molecule has 1 fully saturated rings. The Morgan fingerprint density at radius 2 is 2.43 bits per heavy atom. The summed E-state index contributed by atoms with van der Waals surface area (Å²) in [6.07, 6.45) is 2.40. The van der Waals surface area contributed by atoms with Gasteiger partial charge in [0, 0.05) is 32.8 Å². The second-order valence-corrected chi connectivity index (χ2v) is 3.72. The predicted molar refractivity (Wildman–Crippen MR) is 55.3 cm³/mol. The first-order valence-electron chi connectivity index (χ1n) is 5.38. The summed E-state index contributed by atoms with van der Waals surface area (Å²) >= 11 is 0. The van der Waals surface area contributed by atoms with Gasteiger partial charge in [0.2, 0.25) is 0 Å². The van der Waals surface area contributed by atoms with Gasteiger partial charge in [-0.05, 0) is 19.4 Å². The lowest BCUT2D eigenvalue weighted by Gasteiger charge is -2.23. The van der Waals surface area contributed by atoms with Crippen molar-refractivity contribution in [1.82, 2.24) is 10.2 Å². The fraction of sp³-hybridized carbons (Fsp3) is 1.00. The fourth-order valence-corrected chi connectivity index (χ4v) is 1.97. The number of nitrogens with zero attached hydrogens (tertiary/aromatic N) is 1. The Balaban J connectivity index is 2.09. The van der Waals surface area contributed by atoms with E-state index in [1.165, 1.54) is 12.8 Å². The van der Waals surface area contributed by atoms with Gasteiger partial charge in [0.1, 0.15) is 6.67 Å². The van der Waals surface area contributed by atoms with Gasteiger partial charge in [0.15, 0.2) is 0 Å². The van der Waals surface area contributed by atoms with Gasteiger partial charge in [0.05, 0.1) is 6.61 Å². The van der Waals surface area contributed by atoms with Gasteiger partial charge in [-0.15, -0.1) is 0 Å². The lowest BCUT2D eigenvalue weighted by atomic mass is 10.2. The Hall–Kier alpha value is -0.190. The van der Waals surface area contributed by atoms with E-state index in [0.29, 0.717) is 12.6 Å². The largest absolute Gasteiger partial charge is 0.383 e. The standard InChI is InChI=1S/C10H21FN2O/c1-14-8-5-12-9-10-3-2-6-13(10)7-4-11/h10,12H,2-9H2,1H3. The SMILES string of the molecule is COCCNCC1CCCN1CCF. The van der Waals surface area contributed by atoms with E-state index in [9.17, 15) is 4.39 Å². The van der Waals surface area contributed by atoms with Crippen molar-refractivity contribution in [3.8, 4) is 0 Å². The van der Waals surface area contributed by atoms with Crippen LogP contribution in [0, 0.1) is 0 Å². The number of likely N-dealkylation sites (tertiary alicyclic amines) is 1. The van der Waals surface area contributed by atoms with Crippen molar-refractivity contribution in [2.24, 2.45) is 0 Å². The summed E-state index contributed by atoms with van der Waals surface area (Å²) in [4.78, 5) is 2.24. The molecule has 1 atom stereocenters. The number of hydrogen-bond donors (Lipinski definition) is 1. The molecule has 4 heteroatoms. The van der Waals surface area contributed by atoms with Crippen LogP contribution < -0.4 is 5.32 Å². The van der Waals surface area contributed by atoms with E-state index in [2.05, 4.69) is 10.2 Å². The van der Waals surface area contributed by atoms with Gasteiger partial charge in [-0.25, -0.2) is 4.39 Å². The summed E-state index contributed by atoms with van der Waals surface area (Å²) in [6.45, 7) is 4.02. The monoisotopic (exact) mass is 204 g/mol. The van der Waals surface area contributed by atoms with Gasteiger partial charge >= 0.3 is 0 Å². The molecule has 84 valence electrons. The Bertz CT molecular complexity index is 146. The highest BCUT2D eigenvalue weighted by atomic mass is 19.1. The number of methoxy groups -OCH3 is 1. The molecule has 0 amide bonds. The van der Waals surface area contributed by atoms with Crippen LogP contribution in [0.1, 0.15) is 12.8 Å². The molecule has 14 heavy (non-hydrogen) atoms. The molecule has 0 aromatic rings. The number of halogens is 1. The number of ether oxygens (including phenoxy) is 1. The highest BCUT2D eigenvalue weighted by Gasteiger charge is 2.23. The zero-order chi connectivity index (χ0) is 10.2.